The molecule has 0 saturated carbocycles. The van der Waals surface area contributed by atoms with Crippen LogP contribution in [0.15, 0.2) is 24.4 Å². The summed E-state index contributed by atoms with van der Waals surface area (Å²) in [5.41, 5.74) is 1.63. The first kappa shape index (κ1) is 14.2. The molecule has 0 aliphatic rings. The Morgan fingerprint density at radius 2 is 2.00 bits per heavy atom. The van der Waals surface area contributed by atoms with E-state index in [4.69, 9.17) is 0 Å². The number of aryl methyl sites for hydroxylation is 1. The van der Waals surface area contributed by atoms with Crippen LogP contribution in [0.25, 0.3) is 0 Å². The molecule has 0 fully saturated rings. The molecule has 1 unspecified atom stereocenters. The minimum atomic E-state index is 0.431. The molecular weight excluding hydrogens is 208 g/mol. The van der Waals surface area contributed by atoms with Crippen LogP contribution >= 0.6 is 0 Å². The zero-order chi connectivity index (χ0) is 12.7. The predicted molar refractivity (Wildman–Crippen MR) is 74.1 cm³/mol. The van der Waals surface area contributed by atoms with Gasteiger partial charge in [0.1, 0.15) is 0 Å². The number of pyridine rings is 1. The average Bonchev–Trinajstić information content (AvgIpc) is 2.29. The van der Waals surface area contributed by atoms with Crippen molar-refractivity contribution in [2.75, 3.05) is 7.05 Å². The van der Waals surface area contributed by atoms with Crippen molar-refractivity contribution in [3.63, 3.8) is 0 Å². The van der Waals surface area contributed by atoms with Crippen LogP contribution in [0, 0.1) is 5.41 Å². The predicted octanol–water partition coefficient (Wildman–Crippen LogP) is 3.43. The molecule has 0 radical (unpaired) electrons. The lowest BCUT2D eigenvalue weighted by Crippen LogP contribution is -2.27. The van der Waals surface area contributed by atoms with Gasteiger partial charge < -0.3 is 5.32 Å². The van der Waals surface area contributed by atoms with E-state index in [1.807, 2.05) is 12.3 Å². The Bertz CT molecular complexity index is 300. The Morgan fingerprint density at radius 1 is 1.24 bits per heavy atom. The second kappa shape index (κ2) is 6.75. The van der Waals surface area contributed by atoms with Gasteiger partial charge in [-0.05, 0) is 50.3 Å². The molecule has 2 heteroatoms. The number of nitrogens with zero attached hydrogens (tertiary/aromatic N) is 1. The maximum Gasteiger partial charge on any atom is 0.0404 e. The van der Waals surface area contributed by atoms with Gasteiger partial charge in [0, 0.05) is 17.9 Å². The zero-order valence-corrected chi connectivity index (χ0v) is 11.7. The van der Waals surface area contributed by atoms with Crippen molar-refractivity contribution in [1.29, 1.82) is 0 Å². The molecule has 0 bridgehead atoms. The smallest absolute Gasteiger partial charge is 0.0404 e. The molecule has 0 aliphatic heterocycles. The van der Waals surface area contributed by atoms with Crippen molar-refractivity contribution in [2.24, 2.45) is 5.41 Å². The lowest BCUT2D eigenvalue weighted by atomic mass is 9.88. The van der Waals surface area contributed by atoms with Crippen molar-refractivity contribution < 1.29 is 0 Å². The maximum atomic E-state index is 4.37. The monoisotopic (exact) mass is 234 g/mol. The van der Waals surface area contributed by atoms with Crippen LogP contribution in [0.3, 0.4) is 0 Å². The quantitative estimate of drug-likeness (QED) is 0.815. The Balaban J connectivity index is 2.33. The van der Waals surface area contributed by atoms with Crippen LogP contribution < -0.4 is 5.32 Å². The second-order valence-corrected chi connectivity index (χ2v) is 5.94. The van der Waals surface area contributed by atoms with E-state index in [1.165, 1.54) is 25.0 Å². The summed E-state index contributed by atoms with van der Waals surface area (Å²) in [5.74, 6) is 0. The summed E-state index contributed by atoms with van der Waals surface area (Å²) in [6, 6.07) is 6.75. The van der Waals surface area contributed by atoms with E-state index < -0.39 is 0 Å². The van der Waals surface area contributed by atoms with E-state index in [0.717, 1.165) is 6.42 Å². The highest BCUT2D eigenvalue weighted by atomic mass is 14.9. The summed E-state index contributed by atoms with van der Waals surface area (Å²) >= 11 is 0. The van der Waals surface area contributed by atoms with Crippen LogP contribution in [0.1, 0.15) is 45.7 Å². The molecule has 0 aromatic carbocycles. The van der Waals surface area contributed by atoms with Crippen LogP contribution in [0.4, 0.5) is 0 Å². The van der Waals surface area contributed by atoms with Gasteiger partial charge in [-0.25, -0.2) is 0 Å². The SMILES string of the molecule is CNC(CCc1ccccn1)CCC(C)(C)C. The van der Waals surface area contributed by atoms with E-state index in [-0.39, 0.29) is 0 Å². The number of hydrogen-bond donors (Lipinski definition) is 1. The maximum absolute atomic E-state index is 4.37. The number of rotatable bonds is 6. The Hall–Kier alpha value is -0.890. The number of aromatic nitrogens is 1. The fraction of sp³-hybridized carbons (Fsp3) is 0.667. The fourth-order valence-corrected chi connectivity index (χ4v) is 1.91. The third-order valence-electron chi connectivity index (χ3n) is 3.13. The molecule has 2 nitrogen and oxygen atoms in total. The average molecular weight is 234 g/mol. The van der Waals surface area contributed by atoms with Crippen molar-refractivity contribution in [2.45, 2.75) is 52.5 Å². The van der Waals surface area contributed by atoms with Crippen molar-refractivity contribution in [3.05, 3.63) is 30.1 Å². The van der Waals surface area contributed by atoms with Crippen LogP contribution in [-0.2, 0) is 6.42 Å². The van der Waals surface area contributed by atoms with Crippen LogP contribution in [-0.4, -0.2) is 18.1 Å². The summed E-state index contributed by atoms with van der Waals surface area (Å²) in [6.45, 7) is 6.91. The zero-order valence-electron chi connectivity index (χ0n) is 11.7. The van der Waals surface area contributed by atoms with Gasteiger partial charge in [0.15, 0.2) is 0 Å². The van der Waals surface area contributed by atoms with Crippen LogP contribution in [0.2, 0.25) is 0 Å². The number of hydrogen-bond acceptors (Lipinski definition) is 2. The largest absolute Gasteiger partial charge is 0.317 e. The highest BCUT2D eigenvalue weighted by Gasteiger charge is 2.14. The highest BCUT2D eigenvalue weighted by molar-refractivity contribution is 5.03. The van der Waals surface area contributed by atoms with Gasteiger partial charge in [0.2, 0.25) is 0 Å². The molecule has 0 aliphatic carbocycles. The molecule has 1 atom stereocenters. The summed E-state index contributed by atoms with van der Waals surface area (Å²) in [6.07, 6.45) is 6.62. The van der Waals surface area contributed by atoms with Crippen molar-refractivity contribution >= 4 is 0 Å². The fourth-order valence-electron chi connectivity index (χ4n) is 1.91. The number of nitrogens with one attached hydrogen (secondary N) is 1. The molecule has 17 heavy (non-hydrogen) atoms. The molecule has 1 heterocycles. The molecule has 96 valence electrons. The molecule has 1 rings (SSSR count). The summed E-state index contributed by atoms with van der Waals surface area (Å²) < 4.78 is 0. The second-order valence-electron chi connectivity index (χ2n) is 5.94. The molecule has 1 aromatic heterocycles. The van der Waals surface area contributed by atoms with E-state index in [1.54, 1.807) is 0 Å². The third kappa shape index (κ3) is 6.42. The van der Waals surface area contributed by atoms with Gasteiger partial charge in [-0.2, -0.15) is 0 Å². The lowest BCUT2D eigenvalue weighted by Gasteiger charge is -2.22. The van der Waals surface area contributed by atoms with Crippen LogP contribution in [0.5, 0.6) is 0 Å². The van der Waals surface area contributed by atoms with Gasteiger partial charge in [-0.3, -0.25) is 4.98 Å². The third-order valence-corrected chi connectivity index (χ3v) is 3.13. The normalized spacial score (nSPS) is 13.6. The summed E-state index contributed by atoms with van der Waals surface area (Å²) in [7, 11) is 2.06. The van der Waals surface area contributed by atoms with E-state index in [9.17, 15) is 0 Å². The van der Waals surface area contributed by atoms with Crippen molar-refractivity contribution in [1.82, 2.24) is 10.3 Å². The van der Waals surface area contributed by atoms with Crippen molar-refractivity contribution in [3.8, 4) is 0 Å². The minimum Gasteiger partial charge on any atom is -0.317 e. The first-order chi connectivity index (χ1) is 8.01. The minimum absolute atomic E-state index is 0.431. The van der Waals surface area contributed by atoms with Gasteiger partial charge in [0.25, 0.3) is 0 Å². The first-order valence-corrected chi connectivity index (χ1v) is 6.58. The summed E-state index contributed by atoms with van der Waals surface area (Å²) in [4.78, 5) is 4.37. The molecule has 1 aromatic rings. The Kier molecular flexibility index (Phi) is 5.63. The first-order valence-electron chi connectivity index (χ1n) is 6.58. The Morgan fingerprint density at radius 3 is 2.53 bits per heavy atom. The molecule has 0 saturated heterocycles. The van der Waals surface area contributed by atoms with Gasteiger partial charge in [0.05, 0.1) is 0 Å². The topological polar surface area (TPSA) is 24.9 Å². The van der Waals surface area contributed by atoms with Gasteiger partial charge >= 0.3 is 0 Å². The van der Waals surface area contributed by atoms with E-state index in [0.29, 0.717) is 11.5 Å². The molecular formula is C15H26N2. The van der Waals surface area contributed by atoms with Gasteiger partial charge in [-0.1, -0.05) is 26.8 Å². The molecule has 0 amide bonds. The molecule has 1 N–H and O–H groups in total. The van der Waals surface area contributed by atoms with E-state index >= 15 is 0 Å². The lowest BCUT2D eigenvalue weighted by molar-refractivity contribution is 0.329. The van der Waals surface area contributed by atoms with E-state index in [2.05, 4.69) is 50.3 Å². The standard InChI is InChI=1S/C15H26N2/c1-15(2,3)11-10-13(16-4)8-9-14-7-5-6-12-17-14/h5-7,12-13,16H,8-11H2,1-4H3. The Labute approximate surface area is 106 Å². The van der Waals surface area contributed by atoms with Gasteiger partial charge in [-0.15, -0.1) is 0 Å². The summed E-state index contributed by atoms with van der Waals surface area (Å²) in [5, 5.41) is 3.42. The highest BCUT2D eigenvalue weighted by Crippen LogP contribution is 2.22. The molecule has 0 spiro atoms.